The molecule has 1 aromatic carbocycles. The summed E-state index contributed by atoms with van der Waals surface area (Å²) in [5, 5.41) is 8.54. The fourth-order valence-electron chi connectivity index (χ4n) is 1.94. The lowest BCUT2D eigenvalue weighted by Gasteiger charge is -2.20. The van der Waals surface area contributed by atoms with E-state index >= 15 is 0 Å². The second-order valence-corrected chi connectivity index (χ2v) is 5.99. The summed E-state index contributed by atoms with van der Waals surface area (Å²) in [6.07, 6.45) is 0.772. The van der Waals surface area contributed by atoms with Crippen LogP contribution in [0.1, 0.15) is 36.7 Å². The van der Waals surface area contributed by atoms with Crippen LogP contribution in [0, 0.1) is 0 Å². The van der Waals surface area contributed by atoms with Crippen LogP contribution in [0.4, 0.5) is 0 Å². The second-order valence-electron chi connectivity index (χ2n) is 5.99. The summed E-state index contributed by atoms with van der Waals surface area (Å²) < 4.78 is 0. The first-order chi connectivity index (χ1) is 9.83. The molecule has 0 spiro atoms. The first-order valence-corrected chi connectivity index (χ1v) is 7.15. The monoisotopic (exact) mass is 291 g/mol. The van der Waals surface area contributed by atoms with E-state index < -0.39 is 0 Å². The van der Waals surface area contributed by atoms with Crippen molar-refractivity contribution in [3.8, 4) is 0 Å². The van der Waals surface area contributed by atoms with E-state index in [1.165, 1.54) is 0 Å². The number of nitrogens with one attached hydrogen (secondary N) is 3. The van der Waals surface area contributed by atoms with Crippen molar-refractivity contribution in [3.63, 3.8) is 0 Å². The minimum absolute atomic E-state index is 0.0174. The number of benzene rings is 1. The lowest BCUT2D eigenvalue weighted by Crippen LogP contribution is -2.45. The molecule has 0 unspecified atom stereocenters. The summed E-state index contributed by atoms with van der Waals surface area (Å²) in [6.45, 7) is 6.49. The zero-order valence-electron chi connectivity index (χ0n) is 13.2. The quantitative estimate of drug-likeness (QED) is 0.735. The van der Waals surface area contributed by atoms with Gasteiger partial charge in [0.05, 0.1) is 6.54 Å². The Kier molecular flexibility index (Phi) is 6.37. The van der Waals surface area contributed by atoms with Crippen LogP contribution in [0.15, 0.2) is 24.3 Å². The first kappa shape index (κ1) is 17.2. The molecule has 0 aliphatic rings. The van der Waals surface area contributed by atoms with Crippen LogP contribution in [0.3, 0.4) is 0 Å². The van der Waals surface area contributed by atoms with Gasteiger partial charge in [-0.3, -0.25) is 9.59 Å². The zero-order chi connectivity index (χ0) is 15.9. The second kappa shape index (κ2) is 7.78. The van der Waals surface area contributed by atoms with Crippen molar-refractivity contribution in [1.82, 2.24) is 16.0 Å². The molecule has 5 heteroatoms. The molecule has 1 rings (SSSR count). The number of carbonyl (C=O) groups excluding carboxylic acids is 2. The van der Waals surface area contributed by atoms with E-state index in [0.29, 0.717) is 5.56 Å². The number of amides is 2. The zero-order valence-corrected chi connectivity index (χ0v) is 13.2. The topological polar surface area (TPSA) is 70.2 Å². The summed E-state index contributed by atoms with van der Waals surface area (Å²) >= 11 is 0. The van der Waals surface area contributed by atoms with Gasteiger partial charge in [0.2, 0.25) is 5.91 Å². The number of carbonyl (C=O) groups is 2. The average molecular weight is 291 g/mol. The van der Waals surface area contributed by atoms with Crippen LogP contribution in [-0.2, 0) is 11.2 Å². The van der Waals surface area contributed by atoms with Crippen molar-refractivity contribution in [2.45, 2.75) is 32.7 Å². The number of rotatable bonds is 6. The summed E-state index contributed by atoms with van der Waals surface area (Å²) in [7, 11) is 1.87. The van der Waals surface area contributed by atoms with Crippen LogP contribution >= 0.6 is 0 Å². The van der Waals surface area contributed by atoms with E-state index in [-0.39, 0.29) is 23.9 Å². The molecule has 0 atom stereocenters. The van der Waals surface area contributed by atoms with Gasteiger partial charge >= 0.3 is 0 Å². The molecular weight excluding hydrogens is 266 g/mol. The minimum atomic E-state index is -0.299. The highest BCUT2D eigenvalue weighted by molar-refractivity contribution is 5.97. The number of likely N-dealkylation sites (N-methyl/N-ethyl adjacent to an activating group) is 1. The van der Waals surface area contributed by atoms with Gasteiger partial charge in [0.25, 0.3) is 5.91 Å². The number of hydrogen-bond acceptors (Lipinski definition) is 3. The highest BCUT2D eigenvalue weighted by Crippen LogP contribution is 2.09. The van der Waals surface area contributed by atoms with Crippen LogP contribution in [0.5, 0.6) is 0 Å². The largest absolute Gasteiger partial charge is 0.350 e. The van der Waals surface area contributed by atoms with Gasteiger partial charge in [-0.1, -0.05) is 18.2 Å². The van der Waals surface area contributed by atoms with Crippen molar-refractivity contribution >= 4 is 11.8 Å². The Hall–Kier alpha value is -1.88. The molecule has 0 radical (unpaired) electrons. The maximum atomic E-state index is 12.2. The van der Waals surface area contributed by atoms with Gasteiger partial charge in [0.1, 0.15) is 0 Å². The Labute approximate surface area is 126 Å². The molecule has 1 aromatic rings. The van der Waals surface area contributed by atoms with Crippen molar-refractivity contribution in [1.29, 1.82) is 0 Å². The van der Waals surface area contributed by atoms with Gasteiger partial charge in [0, 0.05) is 11.1 Å². The van der Waals surface area contributed by atoms with Gasteiger partial charge in [-0.05, 0) is 52.4 Å². The molecule has 3 N–H and O–H groups in total. The summed E-state index contributed by atoms with van der Waals surface area (Å²) in [5.41, 5.74) is 1.30. The Morgan fingerprint density at radius 2 is 1.81 bits per heavy atom. The molecular formula is C16H25N3O2. The van der Waals surface area contributed by atoms with Crippen LogP contribution in [0.2, 0.25) is 0 Å². The van der Waals surface area contributed by atoms with E-state index in [1.54, 1.807) is 6.07 Å². The molecule has 0 heterocycles. The van der Waals surface area contributed by atoms with Crippen LogP contribution in [-0.4, -0.2) is 37.5 Å². The molecule has 21 heavy (non-hydrogen) atoms. The maximum absolute atomic E-state index is 12.2. The lowest BCUT2D eigenvalue weighted by molar-refractivity contribution is -0.121. The van der Waals surface area contributed by atoms with Crippen LogP contribution < -0.4 is 16.0 Å². The van der Waals surface area contributed by atoms with E-state index in [4.69, 9.17) is 0 Å². The minimum Gasteiger partial charge on any atom is -0.350 e. The smallest absolute Gasteiger partial charge is 0.251 e. The van der Waals surface area contributed by atoms with Gasteiger partial charge < -0.3 is 16.0 Å². The Balaban J connectivity index is 2.61. The standard InChI is InChI=1S/C16H25N3O2/c1-16(2,3)19-14(20)11-18-15(21)13-8-6-5-7-12(13)9-10-17-4/h5-8,17H,9-11H2,1-4H3,(H,18,21)(H,19,20). The molecule has 0 aromatic heterocycles. The molecule has 0 fully saturated rings. The Morgan fingerprint density at radius 3 is 2.43 bits per heavy atom. The molecule has 0 saturated carbocycles. The van der Waals surface area contributed by atoms with Gasteiger partial charge in [0.15, 0.2) is 0 Å². The third-order valence-electron chi connectivity index (χ3n) is 2.83. The van der Waals surface area contributed by atoms with Crippen molar-refractivity contribution in [3.05, 3.63) is 35.4 Å². The molecule has 116 valence electrons. The van der Waals surface area contributed by atoms with E-state index in [9.17, 15) is 9.59 Å². The van der Waals surface area contributed by atoms with Gasteiger partial charge in [-0.25, -0.2) is 0 Å². The van der Waals surface area contributed by atoms with Crippen molar-refractivity contribution < 1.29 is 9.59 Å². The Morgan fingerprint density at radius 1 is 1.14 bits per heavy atom. The SMILES string of the molecule is CNCCc1ccccc1C(=O)NCC(=O)NC(C)(C)C. The van der Waals surface area contributed by atoms with Crippen molar-refractivity contribution in [2.75, 3.05) is 20.1 Å². The normalized spacial score (nSPS) is 11.0. The molecule has 0 aliphatic heterocycles. The maximum Gasteiger partial charge on any atom is 0.251 e. The average Bonchev–Trinajstić information content (AvgIpc) is 2.41. The van der Waals surface area contributed by atoms with E-state index in [0.717, 1.165) is 18.5 Å². The summed E-state index contributed by atoms with van der Waals surface area (Å²) in [4.78, 5) is 23.9. The van der Waals surface area contributed by atoms with Crippen molar-refractivity contribution in [2.24, 2.45) is 0 Å². The molecule has 0 aliphatic carbocycles. The number of hydrogen-bond donors (Lipinski definition) is 3. The van der Waals surface area contributed by atoms with Gasteiger partial charge in [-0.2, -0.15) is 0 Å². The van der Waals surface area contributed by atoms with E-state index in [2.05, 4.69) is 16.0 Å². The molecule has 2 amide bonds. The van der Waals surface area contributed by atoms with Gasteiger partial charge in [-0.15, -0.1) is 0 Å². The molecule has 0 saturated heterocycles. The predicted molar refractivity (Wildman–Crippen MR) is 84.3 cm³/mol. The highest BCUT2D eigenvalue weighted by Gasteiger charge is 2.15. The third kappa shape index (κ3) is 6.40. The van der Waals surface area contributed by atoms with Crippen LogP contribution in [0.25, 0.3) is 0 Å². The fraction of sp³-hybridized carbons (Fsp3) is 0.500. The van der Waals surface area contributed by atoms with E-state index in [1.807, 2.05) is 46.0 Å². The molecule has 0 bridgehead atoms. The fourth-order valence-corrected chi connectivity index (χ4v) is 1.94. The third-order valence-corrected chi connectivity index (χ3v) is 2.83. The first-order valence-electron chi connectivity index (χ1n) is 7.15. The summed E-state index contributed by atoms with van der Waals surface area (Å²) in [5.74, 6) is -0.408. The molecule has 5 nitrogen and oxygen atoms in total. The summed E-state index contributed by atoms with van der Waals surface area (Å²) in [6, 6.07) is 7.45. The predicted octanol–water partition coefficient (Wildman–Crippen LogP) is 1.09. The highest BCUT2D eigenvalue weighted by atomic mass is 16.2. The lowest BCUT2D eigenvalue weighted by atomic mass is 10.0. The Bertz CT molecular complexity index is 493.